The Morgan fingerprint density at radius 3 is 2.35 bits per heavy atom. The Labute approximate surface area is 136 Å². The van der Waals surface area contributed by atoms with E-state index in [1.54, 1.807) is 6.92 Å². The van der Waals surface area contributed by atoms with E-state index in [9.17, 15) is 0 Å². The van der Waals surface area contributed by atoms with Crippen LogP contribution in [0, 0.1) is 11.3 Å². The molecule has 5 nitrogen and oxygen atoms in total. The van der Waals surface area contributed by atoms with Crippen molar-refractivity contribution in [2.45, 2.75) is 19.6 Å². The van der Waals surface area contributed by atoms with Gasteiger partial charge < -0.3 is 19.9 Å². The highest BCUT2D eigenvalue weighted by Gasteiger charge is 2.02. The zero-order chi connectivity index (χ0) is 16.5. The van der Waals surface area contributed by atoms with Gasteiger partial charge in [-0.3, -0.25) is 0 Å². The van der Waals surface area contributed by atoms with Crippen molar-refractivity contribution in [3.8, 4) is 17.6 Å². The maximum atomic E-state index is 8.72. The summed E-state index contributed by atoms with van der Waals surface area (Å²) in [5.41, 5.74) is 2.10. The molecule has 0 radical (unpaired) electrons. The van der Waals surface area contributed by atoms with Crippen LogP contribution in [0.2, 0.25) is 0 Å². The molecule has 0 saturated carbocycles. The van der Waals surface area contributed by atoms with E-state index in [1.165, 1.54) is 0 Å². The average Bonchev–Trinajstić information content (AvgIpc) is 2.60. The Bertz CT molecular complexity index is 633. The number of rotatable bonds is 8. The van der Waals surface area contributed by atoms with Crippen molar-refractivity contribution in [1.29, 1.82) is 5.26 Å². The Morgan fingerprint density at radius 2 is 1.74 bits per heavy atom. The molecule has 2 aromatic rings. The molecule has 0 aliphatic rings. The predicted molar refractivity (Wildman–Crippen MR) is 88.5 cm³/mol. The molecule has 0 spiro atoms. The first kappa shape index (κ1) is 16.7. The molecule has 0 saturated heterocycles. The van der Waals surface area contributed by atoms with Crippen LogP contribution in [-0.2, 0) is 6.54 Å². The normalized spacial score (nSPS) is 11.3. The second-order valence-electron chi connectivity index (χ2n) is 4.98. The van der Waals surface area contributed by atoms with Gasteiger partial charge in [-0.15, -0.1) is 0 Å². The Kier molecular flexibility index (Phi) is 6.28. The molecule has 1 unspecified atom stereocenters. The van der Waals surface area contributed by atoms with E-state index in [2.05, 4.69) is 5.32 Å². The van der Waals surface area contributed by atoms with Crippen molar-refractivity contribution >= 4 is 5.69 Å². The number of aliphatic hydroxyl groups excluding tert-OH is 1. The molecule has 0 bridgehead atoms. The molecule has 0 aliphatic carbocycles. The number of ether oxygens (including phenoxy) is 2. The Morgan fingerprint density at radius 1 is 1.09 bits per heavy atom. The molecule has 2 rings (SSSR count). The molecular formula is C18H20N2O3. The topological polar surface area (TPSA) is 74.5 Å². The number of nitriles is 1. The molecule has 2 aromatic carbocycles. The highest BCUT2D eigenvalue weighted by atomic mass is 16.5. The van der Waals surface area contributed by atoms with Crippen LogP contribution in [0.5, 0.6) is 11.5 Å². The second kappa shape index (κ2) is 8.66. The number of hydrogen-bond donors (Lipinski definition) is 2. The number of anilines is 1. The third kappa shape index (κ3) is 5.53. The monoisotopic (exact) mass is 312 g/mol. The average molecular weight is 312 g/mol. The van der Waals surface area contributed by atoms with Crippen LogP contribution in [0.3, 0.4) is 0 Å². The van der Waals surface area contributed by atoms with Gasteiger partial charge in [0.05, 0.1) is 6.61 Å². The SMILES string of the molecule is CC(C#N)Oc1ccc(CNc2ccc(OCCO)cc2)cc1. The quantitative estimate of drug-likeness (QED) is 0.784. The smallest absolute Gasteiger partial charge is 0.181 e. The number of aliphatic hydroxyl groups is 1. The molecular weight excluding hydrogens is 292 g/mol. The lowest BCUT2D eigenvalue weighted by atomic mass is 10.2. The summed E-state index contributed by atoms with van der Waals surface area (Å²) in [6, 6.07) is 17.3. The maximum absolute atomic E-state index is 8.72. The molecule has 2 N–H and O–H groups in total. The van der Waals surface area contributed by atoms with E-state index in [1.807, 2.05) is 54.6 Å². The van der Waals surface area contributed by atoms with E-state index >= 15 is 0 Å². The van der Waals surface area contributed by atoms with Crippen LogP contribution in [-0.4, -0.2) is 24.4 Å². The van der Waals surface area contributed by atoms with Crippen molar-refractivity contribution in [2.75, 3.05) is 18.5 Å². The van der Waals surface area contributed by atoms with Gasteiger partial charge in [-0.1, -0.05) is 12.1 Å². The number of nitrogens with zero attached hydrogens (tertiary/aromatic N) is 1. The van der Waals surface area contributed by atoms with E-state index < -0.39 is 6.10 Å². The lowest BCUT2D eigenvalue weighted by molar-refractivity contribution is 0.201. The molecule has 0 aliphatic heterocycles. The Hall–Kier alpha value is -2.71. The lowest BCUT2D eigenvalue weighted by Gasteiger charge is -2.10. The fourth-order valence-corrected chi connectivity index (χ4v) is 1.95. The molecule has 0 heterocycles. The van der Waals surface area contributed by atoms with Gasteiger partial charge in [0.1, 0.15) is 24.2 Å². The maximum Gasteiger partial charge on any atom is 0.181 e. The molecule has 0 amide bonds. The molecule has 0 aromatic heterocycles. The van der Waals surface area contributed by atoms with Crippen molar-refractivity contribution in [3.05, 3.63) is 54.1 Å². The first-order valence-corrected chi connectivity index (χ1v) is 7.44. The van der Waals surface area contributed by atoms with Gasteiger partial charge in [-0.05, 0) is 48.9 Å². The fourth-order valence-electron chi connectivity index (χ4n) is 1.95. The summed E-state index contributed by atoms with van der Waals surface area (Å²) in [7, 11) is 0. The van der Waals surface area contributed by atoms with Gasteiger partial charge in [0.15, 0.2) is 6.10 Å². The highest BCUT2D eigenvalue weighted by Crippen LogP contribution is 2.18. The second-order valence-corrected chi connectivity index (χ2v) is 4.98. The van der Waals surface area contributed by atoms with E-state index in [4.69, 9.17) is 19.8 Å². The molecule has 23 heavy (non-hydrogen) atoms. The minimum atomic E-state index is -0.453. The van der Waals surface area contributed by atoms with Gasteiger partial charge in [0.25, 0.3) is 0 Å². The number of benzene rings is 2. The van der Waals surface area contributed by atoms with Crippen molar-refractivity contribution < 1.29 is 14.6 Å². The van der Waals surface area contributed by atoms with Crippen LogP contribution in [0.25, 0.3) is 0 Å². The van der Waals surface area contributed by atoms with Crippen molar-refractivity contribution in [2.24, 2.45) is 0 Å². The third-order valence-electron chi connectivity index (χ3n) is 3.13. The summed E-state index contributed by atoms with van der Waals surface area (Å²) >= 11 is 0. The minimum Gasteiger partial charge on any atom is -0.491 e. The van der Waals surface area contributed by atoms with Crippen LogP contribution in [0.4, 0.5) is 5.69 Å². The largest absolute Gasteiger partial charge is 0.491 e. The van der Waals surface area contributed by atoms with E-state index in [-0.39, 0.29) is 6.61 Å². The summed E-state index contributed by atoms with van der Waals surface area (Å²) in [6.45, 7) is 2.70. The fraction of sp³-hybridized carbons (Fsp3) is 0.278. The number of nitrogens with one attached hydrogen (secondary N) is 1. The molecule has 1 atom stereocenters. The van der Waals surface area contributed by atoms with Gasteiger partial charge in [0, 0.05) is 12.2 Å². The van der Waals surface area contributed by atoms with Crippen LogP contribution < -0.4 is 14.8 Å². The van der Waals surface area contributed by atoms with E-state index in [0.717, 1.165) is 17.0 Å². The minimum absolute atomic E-state index is 0.00680. The van der Waals surface area contributed by atoms with Gasteiger partial charge in [-0.25, -0.2) is 0 Å². The molecule has 0 fully saturated rings. The van der Waals surface area contributed by atoms with Crippen molar-refractivity contribution in [1.82, 2.24) is 0 Å². The third-order valence-corrected chi connectivity index (χ3v) is 3.13. The standard InChI is InChI=1S/C18H20N2O3/c1-14(12-19)23-18-6-2-15(3-7-18)13-20-16-4-8-17(9-5-16)22-11-10-21/h2-9,14,20-21H,10-11,13H2,1H3. The predicted octanol–water partition coefficient (Wildman–Crippen LogP) is 2.96. The lowest BCUT2D eigenvalue weighted by Crippen LogP contribution is -2.08. The van der Waals surface area contributed by atoms with E-state index in [0.29, 0.717) is 18.9 Å². The first-order valence-electron chi connectivity index (χ1n) is 7.44. The Balaban J connectivity index is 1.84. The van der Waals surface area contributed by atoms with Gasteiger partial charge in [0.2, 0.25) is 0 Å². The number of hydrogen-bond acceptors (Lipinski definition) is 5. The first-order chi connectivity index (χ1) is 11.2. The summed E-state index contributed by atoms with van der Waals surface area (Å²) < 4.78 is 10.7. The highest BCUT2D eigenvalue weighted by molar-refractivity contribution is 5.47. The molecule has 120 valence electrons. The zero-order valence-corrected chi connectivity index (χ0v) is 13.0. The zero-order valence-electron chi connectivity index (χ0n) is 13.0. The van der Waals surface area contributed by atoms with Gasteiger partial charge >= 0.3 is 0 Å². The van der Waals surface area contributed by atoms with Crippen LogP contribution >= 0.6 is 0 Å². The summed E-state index contributed by atoms with van der Waals surface area (Å²) in [4.78, 5) is 0. The van der Waals surface area contributed by atoms with Crippen LogP contribution in [0.15, 0.2) is 48.5 Å². The van der Waals surface area contributed by atoms with Crippen LogP contribution in [0.1, 0.15) is 12.5 Å². The molecule has 5 heteroatoms. The van der Waals surface area contributed by atoms with Gasteiger partial charge in [-0.2, -0.15) is 5.26 Å². The summed E-state index contributed by atoms with van der Waals surface area (Å²) in [5, 5.41) is 20.8. The summed E-state index contributed by atoms with van der Waals surface area (Å²) in [6.07, 6.45) is -0.453. The summed E-state index contributed by atoms with van der Waals surface area (Å²) in [5.74, 6) is 1.42. The van der Waals surface area contributed by atoms with Crippen molar-refractivity contribution in [3.63, 3.8) is 0 Å².